The van der Waals surface area contributed by atoms with E-state index in [1.807, 2.05) is 5.38 Å². The summed E-state index contributed by atoms with van der Waals surface area (Å²) in [5.41, 5.74) is 0.508. The van der Waals surface area contributed by atoms with E-state index in [2.05, 4.69) is 10.3 Å². The molecule has 1 aromatic carbocycles. The van der Waals surface area contributed by atoms with Crippen LogP contribution in [0.2, 0.25) is 0 Å². The lowest BCUT2D eigenvalue weighted by Gasteiger charge is -2.11. The van der Waals surface area contributed by atoms with E-state index in [1.54, 1.807) is 6.92 Å². The third kappa shape index (κ3) is 3.71. The van der Waals surface area contributed by atoms with Gasteiger partial charge in [-0.3, -0.25) is 20.2 Å². The number of hydrogen-bond acceptors (Lipinski definition) is 7. The van der Waals surface area contributed by atoms with Crippen molar-refractivity contribution in [2.45, 2.75) is 25.7 Å². The molecule has 0 bridgehead atoms. The van der Waals surface area contributed by atoms with Gasteiger partial charge in [0, 0.05) is 17.4 Å². The van der Waals surface area contributed by atoms with Crippen LogP contribution in [0.25, 0.3) is 0 Å². The van der Waals surface area contributed by atoms with Crippen molar-refractivity contribution in [2.75, 3.05) is 19.0 Å². The SMILES string of the molecule is CCOc1cc(C(=O)Nc2nc(C3CC3)cs2)c([N+](=O)[O-])cc1OC. The molecule has 0 atom stereocenters. The van der Waals surface area contributed by atoms with Crippen molar-refractivity contribution in [1.29, 1.82) is 0 Å². The lowest BCUT2D eigenvalue weighted by atomic mass is 10.1. The highest BCUT2D eigenvalue weighted by atomic mass is 32.1. The number of ether oxygens (including phenoxy) is 2. The molecular weight excluding hydrogens is 346 g/mol. The first-order valence-electron chi connectivity index (χ1n) is 7.79. The second kappa shape index (κ2) is 7.06. The van der Waals surface area contributed by atoms with Gasteiger partial charge in [0.05, 0.1) is 30.4 Å². The van der Waals surface area contributed by atoms with Gasteiger partial charge in [0.1, 0.15) is 5.56 Å². The summed E-state index contributed by atoms with van der Waals surface area (Å²) in [5, 5.41) is 16.3. The number of aromatic nitrogens is 1. The van der Waals surface area contributed by atoms with Crippen LogP contribution >= 0.6 is 11.3 Å². The van der Waals surface area contributed by atoms with E-state index in [4.69, 9.17) is 9.47 Å². The zero-order valence-electron chi connectivity index (χ0n) is 13.8. The zero-order chi connectivity index (χ0) is 18.0. The average Bonchev–Trinajstić information content (AvgIpc) is 3.34. The van der Waals surface area contributed by atoms with Crippen LogP contribution in [0.1, 0.15) is 41.7 Å². The molecule has 0 aliphatic heterocycles. The number of carbonyl (C=O) groups is 1. The number of thiazole rings is 1. The number of methoxy groups -OCH3 is 1. The predicted octanol–water partition coefficient (Wildman–Crippen LogP) is 3.59. The van der Waals surface area contributed by atoms with Crippen LogP contribution in [0, 0.1) is 10.1 Å². The van der Waals surface area contributed by atoms with E-state index in [0.717, 1.165) is 18.5 Å². The average molecular weight is 363 g/mol. The first-order chi connectivity index (χ1) is 12.0. The standard InChI is InChI=1S/C16H17N3O5S/c1-3-24-14-6-10(12(19(21)22)7-13(14)23-2)15(20)18-16-17-11(8-25-16)9-4-5-9/h6-9H,3-5H2,1-2H3,(H,17,18,20). The van der Waals surface area contributed by atoms with Gasteiger partial charge in [-0.1, -0.05) is 0 Å². The Morgan fingerprint density at radius 1 is 1.44 bits per heavy atom. The molecule has 25 heavy (non-hydrogen) atoms. The first-order valence-corrected chi connectivity index (χ1v) is 8.67. The number of anilines is 1. The first kappa shape index (κ1) is 17.2. The Morgan fingerprint density at radius 2 is 2.20 bits per heavy atom. The summed E-state index contributed by atoms with van der Waals surface area (Å²) in [7, 11) is 1.39. The Bertz CT molecular complexity index is 816. The monoisotopic (exact) mass is 363 g/mol. The number of carbonyl (C=O) groups excluding carboxylic acids is 1. The Labute approximate surface area is 147 Å². The minimum atomic E-state index is -0.620. The fourth-order valence-electron chi connectivity index (χ4n) is 2.38. The maximum Gasteiger partial charge on any atom is 0.286 e. The Hall–Kier alpha value is -2.68. The van der Waals surface area contributed by atoms with Crippen molar-refractivity contribution < 1.29 is 19.2 Å². The molecule has 132 valence electrons. The number of rotatable bonds is 7. The van der Waals surface area contributed by atoms with E-state index >= 15 is 0 Å². The van der Waals surface area contributed by atoms with Gasteiger partial charge in [-0.2, -0.15) is 0 Å². The molecule has 1 saturated carbocycles. The molecule has 0 saturated heterocycles. The van der Waals surface area contributed by atoms with Crippen LogP contribution in [0.5, 0.6) is 11.5 Å². The number of hydrogen-bond donors (Lipinski definition) is 1. The van der Waals surface area contributed by atoms with Gasteiger partial charge < -0.3 is 9.47 Å². The molecule has 0 radical (unpaired) electrons. The lowest BCUT2D eigenvalue weighted by molar-refractivity contribution is -0.385. The molecule has 1 amide bonds. The molecule has 1 N–H and O–H groups in total. The predicted molar refractivity (Wildman–Crippen MR) is 92.9 cm³/mol. The summed E-state index contributed by atoms with van der Waals surface area (Å²) in [6.45, 7) is 2.11. The minimum absolute atomic E-state index is 0.0996. The van der Waals surface area contributed by atoms with Crippen LogP contribution in [-0.4, -0.2) is 29.5 Å². The van der Waals surface area contributed by atoms with Gasteiger partial charge in [0.25, 0.3) is 11.6 Å². The van der Waals surface area contributed by atoms with Gasteiger partial charge in [0.15, 0.2) is 16.6 Å². The van der Waals surface area contributed by atoms with Gasteiger partial charge in [-0.25, -0.2) is 4.98 Å². The van der Waals surface area contributed by atoms with Crippen molar-refractivity contribution in [1.82, 2.24) is 4.98 Å². The van der Waals surface area contributed by atoms with Crippen molar-refractivity contribution in [3.05, 3.63) is 38.9 Å². The highest BCUT2D eigenvalue weighted by Crippen LogP contribution is 2.41. The number of nitro groups is 1. The van der Waals surface area contributed by atoms with Crippen LogP contribution in [0.15, 0.2) is 17.5 Å². The van der Waals surface area contributed by atoms with Crippen LogP contribution in [-0.2, 0) is 0 Å². The summed E-state index contributed by atoms with van der Waals surface area (Å²) in [6, 6.07) is 2.52. The maximum atomic E-state index is 12.5. The molecule has 2 aromatic rings. The Kier molecular flexibility index (Phi) is 4.84. The van der Waals surface area contributed by atoms with Crippen molar-refractivity contribution in [2.24, 2.45) is 0 Å². The normalized spacial score (nSPS) is 13.4. The number of nitrogens with one attached hydrogen (secondary N) is 1. The summed E-state index contributed by atoms with van der Waals surface area (Å²) < 4.78 is 10.5. The van der Waals surface area contributed by atoms with E-state index in [0.29, 0.717) is 17.7 Å². The topological polar surface area (TPSA) is 104 Å². The van der Waals surface area contributed by atoms with Gasteiger partial charge in [-0.15, -0.1) is 11.3 Å². The lowest BCUT2D eigenvalue weighted by Crippen LogP contribution is -2.14. The second-order valence-corrected chi connectivity index (χ2v) is 6.37. The molecule has 9 heteroatoms. The molecule has 8 nitrogen and oxygen atoms in total. The Morgan fingerprint density at radius 3 is 2.80 bits per heavy atom. The summed E-state index contributed by atoms with van der Waals surface area (Å²) in [5.74, 6) is 0.350. The highest BCUT2D eigenvalue weighted by molar-refractivity contribution is 7.14. The highest BCUT2D eigenvalue weighted by Gasteiger charge is 2.28. The zero-order valence-corrected chi connectivity index (χ0v) is 14.6. The summed E-state index contributed by atoms with van der Waals surface area (Å²) >= 11 is 1.31. The number of nitro benzene ring substituents is 1. The molecule has 3 rings (SSSR count). The molecule has 1 aliphatic rings. The van der Waals surface area contributed by atoms with E-state index in [9.17, 15) is 14.9 Å². The van der Waals surface area contributed by atoms with Crippen LogP contribution in [0.4, 0.5) is 10.8 Å². The Balaban J connectivity index is 1.90. The number of amides is 1. The van der Waals surface area contributed by atoms with Crippen molar-refractivity contribution >= 4 is 28.1 Å². The number of nitrogens with zero attached hydrogens (tertiary/aromatic N) is 2. The van der Waals surface area contributed by atoms with Crippen LogP contribution in [0.3, 0.4) is 0 Å². The molecular formula is C16H17N3O5S. The maximum absolute atomic E-state index is 12.5. The van der Waals surface area contributed by atoms with E-state index in [1.165, 1.54) is 30.6 Å². The van der Waals surface area contributed by atoms with Gasteiger partial charge in [-0.05, 0) is 19.8 Å². The smallest absolute Gasteiger partial charge is 0.286 e. The fourth-order valence-corrected chi connectivity index (χ4v) is 3.17. The molecule has 1 fully saturated rings. The number of benzene rings is 1. The second-order valence-electron chi connectivity index (χ2n) is 5.52. The van der Waals surface area contributed by atoms with Gasteiger partial charge in [0.2, 0.25) is 0 Å². The van der Waals surface area contributed by atoms with E-state index < -0.39 is 10.8 Å². The fraction of sp³-hybridized carbons (Fsp3) is 0.375. The molecule has 1 aromatic heterocycles. The third-order valence-corrected chi connectivity index (χ3v) is 4.54. The minimum Gasteiger partial charge on any atom is -0.493 e. The van der Waals surface area contributed by atoms with Crippen LogP contribution < -0.4 is 14.8 Å². The molecule has 0 spiro atoms. The third-order valence-electron chi connectivity index (χ3n) is 3.76. The summed E-state index contributed by atoms with van der Waals surface area (Å²) in [6.07, 6.45) is 2.22. The summed E-state index contributed by atoms with van der Waals surface area (Å²) in [4.78, 5) is 27.6. The van der Waals surface area contributed by atoms with E-state index in [-0.39, 0.29) is 22.7 Å². The molecule has 1 heterocycles. The molecule has 0 unspecified atom stereocenters. The van der Waals surface area contributed by atoms with Crippen molar-refractivity contribution in [3.63, 3.8) is 0 Å². The van der Waals surface area contributed by atoms with Crippen molar-refractivity contribution in [3.8, 4) is 11.5 Å². The molecule has 1 aliphatic carbocycles. The largest absolute Gasteiger partial charge is 0.493 e. The van der Waals surface area contributed by atoms with Gasteiger partial charge >= 0.3 is 0 Å². The quantitative estimate of drug-likeness (QED) is 0.595.